The van der Waals surface area contributed by atoms with Gasteiger partial charge in [0.2, 0.25) is 0 Å². The second-order valence-corrected chi connectivity index (χ2v) is 18.6. The fraction of sp³-hybridized carbons (Fsp3) is 0.311. The zero-order chi connectivity index (χ0) is 41.5. The molecule has 5 aromatic carbocycles. The van der Waals surface area contributed by atoms with E-state index in [9.17, 15) is 23.3 Å². The third-order valence-electron chi connectivity index (χ3n) is 10.9. The normalized spacial score (nSPS) is 16.1. The van der Waals surface area contributed by atoms with E-state index in [1.54, 1.807) is 23.9 Å². The number of thioether (sulfide) groups is 1. The third-order valence-corrected chi connectivity index (χ3v) is 13.7. The first-order valence-corrected chi connectivity index (χ1v) is 22.7. The first kappa shape index (κ1) is 42.2. The van der Waals surface area contributed by atoms with E-state index in [4.69, 9.17) is 11.6 Å². The van der Waals surface area contributed by atoms with Gasteiger partial charge < -0.3 is 15.1 Å². The number of hydrogen-bond donors (Lipinski definition) is 2. The van der Waals surface area contributed by atoms with Crippen LogP contribution >= 0.6 is 23.4 Å². The minimum absolute atomic E-state index is 0.141. The maximum Gasteiger partial charge on any atom is 0.293 e. The van der Waals surface area contributed by atoms with Crippen molar-refractivity contribution in [3.63, 3.8) is 0 Å². The highest BCUT2D eigenvalue weighted by Crippen LogP contribution is 2.35. The molecule has 1 fully saturated rings. The zero-order valence-corrected chi connectivity index (χ0v) is 35.6. The van der Waals surface area contributed by atoms with Crippen LogP contribution in [0.4, 0.5) is 17.1 Å². The molecule has 0 bridgehead atoms. The van der Waals surface area contributed by atoms with Crippen molar-refractivity contribution >= 4 is 56.4 Å². The molecule has 0 radical (unpaired) electrons. The van der Waals surface area contributed by atoms with Crippen molar-refractivity contribution in [2.45, 2.75) is 54.1 Å². The molecule has 0 aliphatic carbocycles. The monoisotopic (exact) mass is 852 g/mol. The van der Waals surface area contributed by atoms with Gasteiger partial charge in [0, 0.05) is 71.3 Å². The average molecular weight is 854 g/mol. The summed E-state index contributed by atoms with van der Waals surface area (Å²) in [5.74, 6) is -0.149. The Morgan fingerprint density at radius 1 is 0.966 bits per heavy atom. The Kier molecular flexibility index (Phi) is 13.6. The van der Waals surface area contributed by atoms with Crippen LogP contribution in [-0.4, -0.2) is 87.2 Å². The second-order valence-electron chi connectivity index (χ2n) is 15.4. The number of nitrogens with one attached hydrogen (secondary N) is 2. The van der Waals surface area contributed by atoms with Gasteiger partial charge in [0.1, 0.15) is 5.69 Å². The van der Waals surface area contributed by atoms with Gasteiger partial charge in [0.15, 0.2) is 0 Å². The number of fused-ring (bicyclic) bond motifs is 3. The Morgan fingerprint density at radius 2 is 1.73 bits per heavy atom. The number of nitrogens with zero attached hydrogens (tertiary/aromatic N) is 4. The van der Waals surface area contributed by atoms with Crippen LogP contribution in [0, 0.1) is 10.1 Å². The maximum absolute atomic E-state index is 13.6. The van der Waals surface area contributed by atoms with Crippen LogP contribution in [0.1, 0.15) is 40.7 Å². The van der Waals surface area contributed by atoms with Gasteiger partial charge in [-0.25, -0.2) is 13.1 Å². The summed E-state index contributed by atoms with van der Waals surface area (Å²) >= 11 is 8.11. The van der Waals surface area contributed by atoms with Gasteiger partial charge in [-0.3, -0.25) is 19.8 Å². The second kappa shape index (κ2) is 19.0. The lowest BCUT2D eigenvalue weighted by molar-refractivity contribution is -0.384. The lowest BCUT2D eigenvalue weighted by atomic mass is 9.98. The number of anilines is 2. The SMILES string of the molecule is CN(C)CC[C@H](CSc1ccccc1)Nc1ccc(S(=O)(=O)NC(=O)c2ccc3c(c2)CCC[C@H]2CN(Cc4cc(Cl)ccc4-c4ccccc4)CCN32)cc1[N+](=O)[O-]. The van der Waals surface area contributed by atoms with Gasteiger partial charge in [-0.1, -0.05) is 66.2 Å². The molecule has 0 saturated carbocycles. The van der Waals surface area contributed by atoms with Crippen LogP contribution in [0.25, 0.3) is 11.1 Å². The van der Waals surface area contributed by atoms with Crippen molar-refractivity contribution in [3.05, 3.63) is 147 Å². The molecule has 7 rings (SSSR count). The molecule has 14 heteroatoms. The molecule has 11 nitrogen and oxygen atoms in total. The third kappa shape index (κ3) is 10.6. The minimum atomic E-state index is -4.45. The fourth-order valence-corrected chi connectivity index (χ4v) is 10.1. The smallest absolute Gasteiger partial charge is 0.293 e. The molecular weight excluding hydrogens is 804 g/mol. The summed E-state index contributed by atoms with van der Waals surface area (Å²) in [6, 6.07) is 35.6. The van der Waals surface area contributed by atoms with E-state index in [0.717, 1.165) is 84.8 Å². The average Bonchev–Trinajstić information content (AvgIpc) is 3.41. The van der Waals surface area contributed by atoms with Crippen LogP contribution < -0.4 is 14.9 Å². The molecule has 2 aliphatic rings. The molecule has 308 valence electrons. The van der Waals surface area contributed by atoms with E-state index < -0.39 is 20.9 Å². The Morgan fingerprint density at radius 3 is 2.47 bits per heavy atom. The van der Waals surface area contributed by atoms with Gasteiger partial charge in [-0.15, -0.1) is 11.8 Å². The molecule has 2 heterocycles. The van der Waals surface area contributed by atoms with Crippen molar-refractivity contribution < 1.29 is 18.1 Å². The lowest BCUT2D eigenvalue weighted by Gasteiger charge is -2.43. The Balaban J connectivity index is 1.02. The standard InChI is InChI=1S/C45H49ClN6O5S2/c1-49(2)23-22-37(31-58-39-14-7-4-8-15-39)47-42-20-18-40(28-44(42)52(54)55)59(56,57)48-45(53)34-16-21-43-33(26-34)12-9-13-38-30-50(24-25-51(38)43)29-35-27-36(46)17-19-41(35)32-10-5-3-6-11-32/h3-8,10-11,14-21,26-28,37-38,47H,9,12-13,22-25,29-31H2,1-2H3,(H,48,53)/t37-,38+/m1/s1. The van der Waals surface area contributed by atoms with Gasteiger partial charge in [-0.2, -0.15) is 0 Å². The van der Waals surface area contributed by atoms with Crippen molar-refractivity contribution in [2.75, 3.05) is 56.2 Å². The van der Waals surface area contributed by atoms with E-state index in [1.165, 1.54) is 23.3 Å². The van der Waals surface area contributed by atoms with Crippen molar-refractivity contribution in [3.8, 4) is 11.1 Å². The number of sulfonamides is 1. The number of amides is 1. The highest BCUT2D eigenvalue weighted by Gasteiger charge is 2.32. The highest BCUT2D eigenvalue weighted by molar-refractivity contribution is 7.99. The van der Waals surface area contributed by atoms with E-state index in [1.807, 2.05) is 79.7 Å². The fourth-order valence-electron chi connectivity index (χ4n) is 7.93. The van der Waals surface area contributed by atoms with Crippen LogP contribution in [0.5, 0.6) is 0 Å². The molecule has 2 N–H and O–H groups in total. The predicted octanol–water partition coefficient (Wildman–Crippen LogP) is 8.59. The quantitative estimate of drug-likeness (QED) is 0.0601. The molecule has 5 aromatic rings. The molecule has 1 amide bonds. The summed E-state index contributed by atoms with van der Waals surface area (Å²) in [7, 11) is -0.517. The Labute approximate surface area is 356 Å². The first-order chi connectivity index (χ1) is 28.4. The summed E-state index contributed by atoms with van der Waals surface area (Å²) in [5.41, 5.74) is 5.62. The molecule has 59 heavy (non-hydrogen) atoms. The Hall–Kier alpha value is -4.92. The number of rotatable bonds is 15. The number of nitro groups is 1. The number of aryl methyl sites for hydroxylation is 1. The number of carbonyl (C=O) groups excluding carboxylic acids is 1. The van der Waals surface area contributed by atoms with Gasteiger partial charge in [0.25, 0.3) is 21.6 Å². The molecule has 0 spiro atoms. The summed E-state index contributed by atoms with van der Waals surface area (Å²) < 4.78 is 29.3. The number of nitro benzene ring substituents is 1. The highest BCUT2D eigenvalue weighted by atomic mass is 35.5. The van der Waals surface area contributed by atoms with Crippen molar-refractivity contribution in [2.24, 2.45) is 0 Å². The minimum Gasteiger partial charge on any atom is -0.376 e. The summed E-state index contributed by atoms with van der Waals surface area (Å²) in [6.45, 7) is 4.07. The number of halogens is 1. The van der Waals surface area contributed by atoms with Gasteiger partial charge in [0.05, 0.1) is 9.82 Å². The van der Waals surface area contributed by atoms with E-state index >= 15 is 0 Å². The molecule has 2 atom stereocenters. The number of carbonyl (C=O) groups is 1. The van der Waals surface area contributed by atoms with Crippen molar-refractivity contribution in [1.82, 2.24) is 14.5 Å². The van der Waals surface area contributed by atoms with E-state index in [0.29, 0.717) is 12.2 Å². The molecule has 0 unspecified atom stereocenters. The zero-order valence-electron chi connectivity index (χ0n) is 33.2. The summed E-state index contributed by atoms with van der Waals surface area (Å²) in [5, 5.41) is 16.3. The first-order valence-electron chi connectivity index (χ1n) is 19.8. The van der Waals surface area contributed by atoms with Gasteiger partial charge in [-0.05, 0) is 123 Å². The number of benzene rings is 5. The van der Waals surface area contributed by atoms with E-state index in [2.05, 4.69) is 44.1 Å². The predicted molar refractivity (Wildman–Crippen MR) is 238 cm³/mol. The maximum atomic E-state index is 13.6. The van der Waals surface area contributed by atoms with Crippen molar-refractivity contribution in [1.29, 1.82) is 0 Å². The van der Waals surface area contributed by atoms with Gasteiger partial charge >= 0.3 is 0 Å². The molecule has 1 saturated heterocycles. The van der Waals surface area contributed by atoms with Crippen LogP contribution in [0.3, 0.4) is 0 Å². The van der Waals surface area contributed by atoms with Crippen LogP contribution in [-0.2, 0) is 23.0 Å². The summed E-state index contributed by atoms with van der Waals surface area (Å²) in [6.07, 6.45) is 3.36. The Bertz CT molecular complexity index is 2390. The molecule has 0 aromatic heterocycles. The lowest BCUT2D eigenvalue weighted by Crippen LogP contribution is -2.52. The van der Waals surface area contributed by atoms with Crippen LogP contribution in [0.15, 0.2) is 125 Å². The largest absolute Gasteiger partial charge is 0.376 e. The van der Waals surface area contributed by atoms with E-state index in [-0.39, 0.29) is 33.9 Å². The number of hydrogen-bond acceptors (Lipinski definition) is 10. The molecule has 2 aliphatic heterocycles. The molecular formula is C45H49ClN6O5S2. The topological polar surface area (TPSA) is 128 Å². The number of piperazine rings is 1. The van der Waals surface area contributed by atoms with Crippen LogP contribution in [0.2, 0.25) is 5.02 Å². The summed E-state index contributed by atoms with van der Waals surface area (Å²) in [4.78, 5) is 32.9.